The van der Waals surface area contributed by atoms with Crippen LogP contribution in [0.25, 0.3) is 5.57 Å². The van der Waals surface area contributed by atoms with Crippen molar-refractivity contribution in [2.75, 3.05) is 17.4 Å². The minimum Gasteiger partial charge on any atom is -0.477 e. The highest BCUT2D eigenvalue weighted by molar-refractivity contribution is 8.07. The van der Waals surface area contributed by atoms with E-state index in [4.69, 9.17) is 14.6 Å². The Balaban J connectivity index is 1.52. The predicted molar refractivity (Wildman–Crippen MR) is 164 cm³/mol. The second-order valence-corrected chi connectivity index (χ2v) is 13.7. The Kier molecular flexibility index (Phi) is 10.6. The molecule has 20 heteroatoms. The lowest BCUT2D eigenvalue weighted by Crippen LogP contribution is -2.71. The first-order valence-corrected chi connectivity index (χ1v) is 17.3. The predicted octanol–water partition coefficient (Wildman–Crippen LogP) is 2.87. The summed E-state index contributed by atoms with van der Waals surface area (Å²) in [6.07, 6.45) is 7.21. The number of hydrogen-bond acceptors (Lipinski definition) is 13. The smallest absolute Gasteiger partial charge is 0.429 e. The molecule has 2 aromatic heterocycles. The molecule has 0 bridgehead atoms. The van der Waals surface area contributed by atoms with Crippen molar-refractivity contribution < 1.29 is 38.7 Å². The van der Waals surface area contributed by atoms with Crippen LogP contribution in [0.2, 0.25) is 0 Å². The van der Waals surface area contributed by atoms with E-state index in [1.165, 1.54) is 23.1 Å². The topological polar surface area (TPSA) is 217 Å². The van der Waals surface area contributed by atoms with Crippen molar-refractivity contribution in [1.29, 1.82) is 0 Å². The highest BCUT2D eigenvalue weighted by atomic mass is 32.2. The minimum atomic E-state index is -4.68. The number of oxime groups is 1. The van der Waals surface area contributed by atoms with Crippen LogP contribution in [0.1, 0.15) is 25.4 Å². The van der Waals surface area contributed by atoms with Crippen molar-refractivity contribution in [1.82, 2.24) is 24.6 Å². The Bertz CT molecular complexity index is 1610. The van der Waals surface area contributed by atoms with Crippen LogP contribution in [-0.2, 0) is 23.8 Å². The number of thioether (sulfide) groups is 2. The molecule has 0 aliphatic carbocycles. The molecule has 4 heterocycles. The summed E-state index contributed by atoms with van der Waals surface area (Å²) in [7, 11) is -4.68. The normalized spacial score (nSPS) is 19.3. The zero-order valence-electron chi connectivity index (χ0n) is 22.4. The Morgan fingerprint density at radius 2 is 2.14 bits per heavy atom. The van der Waals surface area contributed by atoms with Gasteiger partial charge in [0.05, 0.1) is 5.69 Å². The first-order valence-electron chi connectivity index (χ1n) is 12.2. The number of amides is 2. The Hall–Kier alpha value is -3.32. The van der Waals surface area contributed by atoms with E-state index < -0.39 is 42.7 Å². The molecule has 2 atom stereocenters. The number of fused-ring (bicyclic) bond motifs is 1. The average Bonchev–Trinajstić information content (AvgIpc) is 3.60. The third-order valence-electron chi connectivity index (χ3n) is 5.43. The Labute approximate surface area is 261 Å². The third-order valence-corrected chi connectivity index (χ3v) is 10.2. The van der Waals surface area contributed by atoms with Crippen molar-refractivity contribution in [3.63, 3.8) is 0 Å². The van der Waals surface area contributed by atoms with Gasteiger partial charge in [-0.2, -0.15) is 9.36 Å². The number of carboxylic acids is 1. The third kappa shape index (κ3) is 7.61. The SMILES string of the molecule is C=C/C=C(\C=C/C)c1csc(SC2=C(C(=O)O)N3C(=O)[C@@H](NC(=O)/C(=N\OCC)c4nsc(NP(=O)(O)O)n4)[C@H]3SC2)n1. The standard InChI is InChI=1S/C23H24N7O8PS4/c1-4-7-11(8-5-2)12-9-41-23(24-12)42-13-10-40-20-15(19(32)30(20)16(13)21(33)34)25-18(31)14(27-38-6-3)17-26-22(43-29-17)28-39(35,36)37/h4-5,7-9,15,20H,1,6,10H2,2-3H3,(H,25,31)(H,33,34)(H3,26,28,29,35,36,37)/b8-5-,11-7+,27-14-/t15-,20-/m1/s1. The van der Waals surface area contributed by atoms with Crippen LogP contribution in [0.3, 0.4) is 0 Å². The van der Waals surface area contributed by atoms with Crippen LogP contribution < -0.4 is 10.4 Å². The van der Waals surface area contributed by atoms with Gasteiger partial charge < -0.3 is 25.0 Å². The van der Waals surface area contributed by atoms with Crippen molar-refractivity contribution in [3.8, 4) is 0 Å². The molecule has 0 spiro atoms. The van der Waals surface area contributed by atoms with E-state index >= 15 is 0 Å². The first-order chi connectivity index (χ1) is 20.5. The molecule has 2 aliphatic rings. The van der Waals surface area contributed by atoms with Crippen molar-refractivity contribution in [2.45, 2.75) is 29.6 Å². The van der Waals surface area contributed by atoms with Gasteiger partial charge in [-0.15, -0.1) is 23.1 Å². The quantitative estimate of drug-likeness (QED) is 0.0674. The van der Waals surface area contributed by atoms with Gasteiger partial charge in [-0.1, -0.05) is 47.8 Å². The van der Waals surface area contributed by atoms with Gasteiger partial charge in [0.2, 0.25) is 16.7 Å². The molecular formula is C23H24N7O8PS4. The van der Waals surface area contributed by atoms with Crippen LogP contribution >= 0.6 is 54.1 Å². The van der Waals surface area contributed by atoms with Gasteiger partial charge in [0, 0.05) is 33.1 Å². The summed E-state index contributed by atoms with van der Waals surface area (Å²) in [6.45, 7) is 7.29. The van der Waals surface area contributed by atoms with Gasteiger partial charge in [0.15, 0.2) is 4.34 Å². The number of rotatable bonds is 13. The second-order valence-electron chi connectivity index (χ2n) is 8.33. The molecule has 0 unspecified atom stereocenters. The number of anilines is 1. The number of aliphatic carboxylic acids is 1. The Morgan fingerprint density at radius 1 is 1.37 bits per heavy atom. The van der Waals surface area contributed by atoms with Crippen LogP contribution in [0.15, 0.2) is 56.4 Å². The second kappa shape index (κ2) is 14.0. The number of carboxylic acid groups (broad SMARTS) is 1. The lowest BCUT2D eigenvalue weighted by atomic mass is 10.0. The number of thiazole rings is 1. The fraction of sp³-hybridized carbons (Fsp3) is 0.261. The van der Waals surface area contributed by atoms with E-state index in [2.05, 4.69) is 31.4 Å². The maximum atomic E-state index is 13.2. The van der Waals surface area contributed by atoms with E-state index in [1.807, 2.05) is 35.6 Å². The maximum absolute atomic E-state index is 13.2. The molecule has 5 N–H and O–H groups in total. The molecule has 0 aromatic carbocycles. The summed E-state index contributed by atoms with van der Waals surface area (Å²) in [5.41, 5.74) is 0.929. The van der Waals surface area contributed by atoms with E-state index in [-0.39, 0.29) is 29.0 Å². The minimum absolute atomic E-state index is 0.0814. The van der Waals surface area contributed by atoms with Gasteiger partial charge in [-0.05, 0) is 13.8 Å². The van der Waals surface area contributed by atoms with Gasteiger partial charge in [-0.25, -0.2) is 14.3 Å². The molecule has 2 aromatic rings. The van der Waals surface area contributed by atoms with Gasteiger partial charge in [0.1, 0.15) is 23.7 Å². The number of allylic oxidation sites excluding steroid dienone is 5. The largest absolute Gasteiger partial charge is 0.477 e. The molecule has 15 nitrogen and oxygen atoms in total. The average molecular weight is 686 g/mol. The Morgan fingerprint density at radius 3 is 2.79 bits per heavy atom. The number of nitrogens with zero attached hydrogens (tertiary/aromatic N) is 5. The highest BCUT2D eigenvalue weighted by Gasteiger charge is 2.54. The van der Waals surface area contributed by atoms with Crippen LogP contribution in [-0.4, -0.2) is 81.4 Å². The summed E-state index contributed by atoms with van der Waals surface area (Å²) in [5.74, 6) is -2.87. The van der Waals surface area contributed by atoms with E-state index in [1.54, 1.807) is 13.0 Å². The molecule has 4 rings (SSSR count). The number of hydrogen-bond donors (Lipinski definition) is 5. The van der Waals surface area contributed by atoms with Crippen LogP contribution in [0.4, 0.5) is 5.13 Å². The van der Waals surface area contributed by atoms with Crippen molar-refractivity contribution >= 4 is 88.3 Å². The monoisotopic (exact) mass is 685 g/mol. The molecule has 2 aliphatic heterocycles. The van der Waals surface area contributed by atoms with Crippen molar-refractivity contribution in [3.05, 3.63) is 58.4 Å². The number of β-lactam (4-membered cyclic amide) rings is 1. The summed E-state index contributed by atoms with van der Waals surface area (Å²) in [4.78, 5) is 71.8. The van der Waals surface area contributed by atoms with Crippen LogP contribution in [0, 0.1) is 0 Å². The molecule has 1 fully saturated rings. The number of carbonyl (C=O) groups excluding carboxylic acids is 2. The maximum Gasteiger partial charge on any atom is 0.429 e. The lowest BCUT2D eigenvalue weighted by Gasteiger charge is -2.49. The summed E-state index contributed by atoms with van der Waals surface area (Å²) in [5, 5.41) is 19.0. The zero-order valence-corrected chi connectivity index (χ0v) is 26.5. The van der Waals surface area contributed by atoms with Crippen LogP contribution in [0.5, 0.6) is 0 Å². The fourth-order valence-corrected chi connectivity index (χ4v) is 8.47. The van der Waals surface area contributed by atoms with Gasteiger partial charge in [-0.3, -0.25) is 19.6 Å². The molecule has 0 radical (unpaired) electrons. The zero-order chi connectivity index (χ0) is 31.3. The summed E-state index contributed by atoms with van der Waals surface area (Å²) < 4.78 is 15.7. The van der Waals surface area contributed by atoms with Crippen molar-refractivity contribution in [2.24, 2.45) is 5.16 Å². The molecule has 2 amide bonds. The fourth-order valence-electron chi connectivity index (χ4n) is 3.76. The molecule has 0 saturated carbocycles. The molecular weight excluding hydrogens is 662 g/mol. The number of nitrogens with one attached hydrogen (secondary N) is 2. The lowest BCUT2D eigenvalue weighted by molar-refractivity contribution is -0.150. The highest BCUT2D eigenvalue weighted by Crippen LogP contribution is 2.46. The summed E-state index contributed by atoms with van der Waals surface area (Å²) in [6, 6.07) is -1.09. The van der Waals surface area contributed by atoms with Gasteiger partial charge >= 0.3 is 13.7 Å². The number of carbonyl (C=O) groups is 3. The van der Waals surface area contributed by atoms with E-state index in [0.717, 1.165) is 22.2 Å². The molecule has 1 saturated heterocycles. The first kappa shape index (κ1) is 32.6. The van der Waals surface area contributed by atoms with E-state index in [0.29, 0.717) is 26.5 Å². The van der Waals surface area contributed by atoms with Gasteiger partial charge in [0.25, 0.3) is 11.8 Å². The summed E-state index contributed by atoms with van der Waals surface area (Å²) >= 11 is 4.35. The molecule has 228 valence electrons. The van der Waals surface area contributed by atoms with E-state index in [9.17, 15) is 24.1 Å². The molecule has 43 heavy (non-hydrogen) atoms. The number of aromatic nitrogens is 3.